The molecule has 1 aromatic heterocycles. The van der Waals surface area contributed by atoms with Gasteiger partial charge in [0.1, 0.15) is 18.0 Å². The summed E-state index contributed by atoms with van der Waals surface area (Å²) in [6.07, 6.45) is 1.38. The number of aliphatic carboxylic acids is 1. The Balaban J connectivity index is 2.23. The molecule has 0 unspecified atom stereocenters. The van der Waals surface area contributed by atoms with Gasteiger partial charge in [0.05, 0.1) is 10.6 Å². The zero-order valence-corrected chi connectivity index (χ0v) is 17.8. The van der Waals surface area contributed by atoms with Crippen LogP contribution in [0.25, 0.3) is 0 Å². The highest BCUT2D eigenvalue weighted by molar-refractivity contribution is 7.90. The fraction of sp³-hybridized carbons (Fsp3) is 0.421. The van der Waals surface area contributed by atoms with Gasteiger partial charge >= 0.3 is 12.1 Å². The third-order valence-electron chi connectivity index (χ3n) is 4.05. The van der Waals surface area contributed by atoms with E-state index < -0.39 is 33.7 Å². The molecule has 1 N–H and O–H groups in total. The van der Waals surface area contributed by atoms with Gasteiger partial charge in [-0.05, 0) is 39.8 Å². The fourth-order valence-corrected chi connectivity index (χ4v) is 3.62. The summed E-state index contributed by atoms with van der Waals surface area (Å²) in [6.45, 7) is 6.86. The summed E-state index contributed by atoms with van der Waals surface area (Å²) in [7, 11) is -2.54. The van der Waals surface area contributed by atoms with Crippen molar-refractivity contribution in [2.45, 2.75) is 50.7 Å². The molecule has 0 radical (unpaired) electrons. The van der Waals surface area contributed by atoms with E-state index in [1.54, 1.807) is 32.9 Å². The molecule has 0 aliphatic carbocycles. The molecule has 9 nitrogen and oxygen atoms in total. The molecule has 0 spiro atoms. The van der Waals surface area contributed by atoms with Gasteiger partial charge in [-0.15, -0.1) is 0 Å². The molecule has 1 heterocycles. The highest BCUT2D eigenvalue weighted by atomic mass is 32.2. The molecule has 2 rings (SSSR count). The number of hydrogen-bond donors (Lipinski definition) is 1. The second-order valence-electron chi connectivity index (χ2n) is 7.66. The maximum absolute atomic E-state index is 12.7. The Morgan fingerprint density at radius 1 is 1.24 bits per heavy atom. The first-order valence-electron chi connectivity index (χ1n) is 8.85. The van der Waals surface area contributed by atoms with E-state index in [0.717, 1.165) is 20.8 Å². The molecule has 0 saturated carbocycles. The Bertz CT molecular complexity index is 990. The van der Waals surface area contributed by atoms with Crippen LogP contribution in [-0.4, -0.2) is 58.1 Å². The summed E-state index contributed by atoms with van der Waals surface area (Å²) in [5.41, 5.74) is 0.353. The van der Waals surface area contributed by atoms with Crippen LogP contribution in [0.3, 0.4) is 0 Å². The number of aryl methyl sites for hydroxylation is 1. The molecule has 0 fully saturated rings. The Hall–Kier alpha value is -2.88. The third kappa shape index (κ3) is 5.57. The Kier molecular flexibility index (Phi) is 6.37. The van der Waals surface area contributed by atoms with E-state index in [2.05, 4.69) is 4.98 Å². The smallest absolute Gasteiger partial charge is 0.410 e. The zero-order valence-electron chi connectivity index (χ0n) is 17.0. The lowest BCUT2D eigenvalue weighted by Crippen LogP contribution is -2.46. The number of carbonyl (C=O) groups excluding carboxylic acids is 1. The lowest BCUT2D eigenvalue weighted by atomic mass is 10.1. The highest BCUT2D eigenvalue weighted by Gasteiger charge is 2.31. The Morgan fingerprint density at radius 2 is 1.83 bits per heavy atom. The highest BCUT2D eigenvalue weighted by Crippen LogP contribution is 2.17. The second-order valence-corrected chi connectivity index (χ2v) is 9.51. The van der Waals surface area contributed by atoms with Crippen LogP contribution >= 0.6 is 0 Å². The predicted molar refractivity (Wildman–Crippen MR) is 105 cm³/mol. The van der Waals surface area contributed by atoms with Crippen LogP contribution in [0.15, 0.2) is 41.7 Å². The molecular formula is C19H25N3O6S. The average Bonchev–Trinajstić information content (AvgIpc) is 3.07. The molecule has 0 bridgehead atoms. The van der Waals surface area contributed by atoms with Gasteiger partial charge < -0.3 is 9.84 Å². The van der Waals surface area contributed by atoms with E-state index in [4.69, 9.17) is 4.74 Å². The van der Waals surface area contributed by atoms with Crippen LogP contribution in [0.5, 0.6) is 0 Å². The van der Waals surface area contributed by atoms with Gasteiger partial charge in [0.15, 0.2) is 0 Å². The summed E-state index contributed by atoms with van der Waals surface area (Å²) >= 11 is 0. The van der Waals surface area contributed by atoms with Crippen LogP contribution < -0.4 is 0 Å². The van der Waals surface area contributed by atoms with Crippen LogP contribution in [0, 0.1) is 6.92 Å². The molecule has 2 aromatic rings. The van der Waals surface area contributed by atoms with E-state index in [-0.39, 0.29) is 17.0 Å². The summed E-state index contributed by atoms with van der Waals surface area (Å²) in [5.74, 6) is -1.26. The van der Waals surface area contributed by atoms with Gasteiger partial charge in [-0.1, -0.05) is 17.7 Å². The van der Waals surface area contributed by atoms with Gasteiger partial charge in [0.25, 0.3) is 10.0 Å². The lowest BCUT2D eigenvalue weighted by molar-refractivity contribution is -0.142. The normalized spacial score (nSPS) is 13.0. The van der Waals surface area contributed by atoms with Gasteiger partial charge in [-0.3, -0.25) is 4.90 Å². The summed E-state index contributed by atoms with van der Waals surface area (Å²) in [5, 5.41) is 9.52. The van der Waals surface area contributed by atoms with Gasteiger partial charge in [0, 0.05) is 19.7 Å². The van der Waals surface area contributed by atoms with Gasteiger partial charge in [-0.25, -0.2) is 27.0 Å². The first-order valence-corrected chi connectivity index (χ1v) is 10.3. The van der Waals surface area contributed by atoms with Gasteiger partial charge in [-0.2, -0.15) is 0 Å². The fourth-order valence-electron chi connectivity index (χ4n) is 2.46. The average molecular weight is 423 g/mol. The van der Waals surface area contributed by atoms with Crippen LogP contribution in [0.2, 0.25) is 0 Å². The standard InChI is InChI=1S/C19H25N3O6S/c1-13-6-8-15(9-7-13)29(26,27)22-11-14(20-12-22)10-16(17(23)24)21(5)18(25)28-19(2,3)4/h6-9,11-12,16H,10H2,1-5H3,(H,23,24)/t16-/m0/s1. The number of carboxylic acids is 1. The number of rotatable bonds is 6. The van der Waals surface area contributed by atoms with Crippen molar-refractivity contribution in [1.29, 1.82) is 0 Å². The number of aromatic nitrogens is 2. The topological polar surface area (TPSA) is 119 Å². The van der Waals surface area contributed by atoms with Crippen molar-refractivity contribution in [2.24, 2.45) is 0 Å². The third-order valence-corrected chi connectivity index (χ3v) is 5.67. The largest absolute Gasteiger partial charge is 0.480 e. The van der Waals surface area contributed by atoms with Crippen LogP contribution in [0.1, 0.15) is 32.0 Å². The van der Waals surface area contributed by atoms with Gasteiger partial charge in [0.2, 0.25) is 0 Å². The lowest BCUT2D eigenvalue weighted by Gasteiger charge is -2.28. The monoisotopic (exact) mass is 423 g/mol. The number of hydrogen-bond acceptors (Lipinski definition) is 6. The van der Waals surface area contributed by atoms with E-state index in [0.29, 0.717) is 0 Å². The first kappa shape index (κ1) is 22.4. The van der Waals surface area contributed by atoms with Crippen LogP contribution in [0.4, 0.5) is 4.79 Å². The maximum atomic E-state index is 12.7. The number of imidazole rings is 1. The minimum Gasteiger partial charge on any atom is -0.480 e. The second kappa shape index (κ2) is 8.24. The molecule has 1 atom stereocenters. The molecule has 1 amide bonds. The van der Waals surface area contributed by atoms with E-state index in [1.807, 2.05) is 6.92 Å². The van der Waals surface area contributed by atoms with Crippen molar-refractivity contribution in [3.05, 3.63) is 48.0 Å². The Labute approximate surface area is 170 Å². The molecule has 0 saturated heterocycles. The number of likely N-dealkylation sites (N-methyl/N-ethyl adjacent to an activating group) is 1. The molecule has 1 aromatic carbocycles. The number of carbonyl (C=O) groups is 2. The number of nitrogens with zero attached hydrogens (tertiary/aromatic N) is 3. The Morgan fingerprint density at radius 3 is 2.34 bits per heavy atom. The minimum absolute atomic E-state index is 0.0905. The summed E-state index contributed by atoms with van der Waals surface area (Å²) < 4.78 is 31.5. The van der Waals surface area contributed by atoms with Crippen LogP contribution in [-0.2, 0) is 26.0 Å². The SMILES string of the molecule is Cc1ccc(S(=O)(=O)n2cnc(C[C@@H](C(=O)O)N(C)C(=O)OC(C)(C)C)c2)cc1. The predicted octanol–water partition coefficient (Wildman–Crippen LogP) is 2.29. The van der Waals surface area contributed by atoms with Crippen molar-refractivity contribution >= 4 is 22.1 Å². The first-order chi connectivity index (χ1) is 13.3. The molecule has 0 aliphatic rings. The maximum Gasteiger partial charge on any atom is 0.410 e. The summed E-state index contributed by atoms with van der Waals surface area (Å²) in [6, 6.07) is 5.07. The van der Waals surface area contributed by atoms with Crippen molar-refractivity contribution in [3.8, 4) is 0 Å². The number of benzene rings is 1. The van der Waals surface area contributed by atoms with E-state index in [1.165, 1.54) is 25.4 Å². The molecule has 10 heteroatoms. The van der Waals surface area contributed by atoms with Crippen molar-refractivity contribution in [3.63, 3.8) is 0 Å². The number of ether oxygens (including phenoxy) is 1. The molecular weight excluding hydrogens is 398 g/mol. The summed E-state index contributed by atoms with van der Waals surface area (Å²) in [4.78, 5) is 28.9. The minimum atomic E-state index is -3.85. The molecule has 29 heavy (non-hydrogen) atoms. The van der Waals surface area contributed by atoms with Crippen molar-refractivity contribution in [1.82, 2.24) is 13.9 Å². The molecule has 0 aliphatic heterocycles. The van der Waals surface area contributed by atoms with Crippen molar-refractivity contribution < 1.29 is 27.9 Å². The number of carboxylic acid groups (broad SMARTS) is 1. The van der Waals surface area contributed by atoms with E-state index in [9.17, 15) is 23.1 Å². The van der Waals surface area contributed by atoms with Crippen molar-refractivity contribution in [2.75, 3.05) is 7.05 Å². The number of amides is 1. The zero-order chi connectivity index (χ0) is 22.0. The quantitative estimate of drug-likeness (QED) is 0.757. The van der Waals surface area contributed by atoms with E-state index >= 15 is 0 Å². The molecule has 158 valence electrons.